The van der Waals surface area contributed by atoms with Gasteiger partial charge in [-0.1, -0.05) is 0 Å². The predicted molar refractivity (Wildman–Crippen MR) is 129 cm³/mol. The van der Waals surface area contributed by atoms with Gasteiger partial charge >= 0.3 is 6.09 Å². The zero-order valence-corrected chi connectivity index (χ0v) is 20.2. The van der Waals surface area contributed by atoms with Gasteiger partial charge in [0.05, 0.1) is 28.4 Å². The van der Waals surface area contributed by atoms with E-state index in [4.69, 9.17) is 9.72 Å². The van der Waals surface area contributed by atoms with Gasteiger partial charge < -0.3 is 15.0 Å². The number of anilines is 2. The van der Waals surface area contributed by atoms with Crippen LogP contribution in [0.5, 0.6) is 0 Å². The SMILES string of the molecule is CN=C(c1ccc(Nc2nc(-c3sc(C)nc3C)cs2)nc1)C1CCN(C(=O)OC)CC1. The molecular formula is C22H26N6O2S2. The van der Waals surface area contributed by atoms with E-state index in [1.165, 1.54) is 7.11 Å². The first-order valence-corrected chi connectivity index (χ1v) is 12.1. The first-order valence-electron chi connectivity index (χ1n) is 10.4. The number of hydrogen-bond acceptors (Lipinski definition) is 9. The van der Waals surface area contributed by atoms with E-state index >= 15 is 0 Å². The molecule has 10 heteroatoms. The Hall–Kier alpha value is -2.85. The Morgan fingerprint density at radius 3 is 2.62 bits per heavy atom. The van der Waals surface area contributed by atoms with Gasteiger partial charge in [-0.3, -0.25) is 4.99 Å². The first kappa shape index (κ1) is 22.3. The summed E-state index contributed by atoms with van der Waals surface area (Å²) in [7, 11) is 3.23. The van der Waals surface area contributed by atoms with E-state index < -0.39 is 0 Å². The second-order valence-corrected chi connectivity index (χ2v) is 9.64. The van der Waals surface area contributed by atoms with Gasteiger partial charge in [-0.15, -0.1) is 22.7 Å². The lowest BCUT2D eigenvalue weighted by molar-refractivity contribution is 0.111. The first-order chi connectivity index (χ1) is 15.5. The number of ether oxygens (including phenoxy) is 1. The van der Waals surface area contributed by atoms with Crippen molar-refractivity contribution >= 4 is 45.4 Å². The van der Waals surface area contributed by atoms with Gasteiger partial charge in [0.25, 0.3) is 0 Å². The van der Waals surface area contributed by atoms with Crippen molar-refractivity contribution in [2.45, 2.75) is 26.7 Å². The zero-order chi connectivity index (χ0) is 22.7. The van der Waals surface area contributed by atoms with E-state index in [9.17, 15) is 4.79 Å². The van der Waals surface area contributed by atoms with Crippen LogP contribution in [0.3, 0.4) is 0 Å². The molecule has 1 aliphatic rings. The number of aliphatic imine (C=N–C) groups is 1. The van der Waals surface area contributed by atoms with E-state index in [0.29, 0.717) is 19.0 Å². The molecule has 0 aliphatic carbocycles. The van der Waals surface area contributed by atoms with Crippen LogP contribution in [-0.4, -0.2) is 58.9 Å². The summed E-state index contributed by atoms with van der Waals surface area (Å²) < 4.78 is 4.82. The Balaban J connectivity index is 1.41. The van der Waals surface area contributed by atoms with E-state index in [1.807, 2.05) is 44.6 Å². The molecule has 3 aromatic heterocycles. The maximum Gasteiger partial charge on any atom is 0.409 e. The van der Waals surface area contributed by atoms with Crippen molar-refractivity contribution in [2.24, 2.45) is 10.9 Å². The lowest BCUT2D eigenvalue weighted by atomic mass is 9.88. The molecule has 0 spiro atoms. The van der Waals surface area contributed by atoms with Crippen molar-refractivity contribution in [1.82, 2.24) is 19.9 Å². The Morgan fingerprint density at radius 2 is 2.03 bits per heavy atom. The number of carbonyl (C=O) groups is 1. The highest BCUT2D eigenvalue weighted by atomic mass is 32.1. The number of carbonyl (C=O) groups excluding carboxylic acids is 1. The fourth-order valence-electron chi connectivity index (χ4n) is 3.95. The smallest absolute Gasteiger partial charge is 0.409 e. The van der Waals surface area contributed by atoms with Crippen LogP contribution in [-0.2, 0) is 4.74 Å². The predicted octanol–water partition coefficient (Wildman–Crippen LogP) is 4.92. The minimum absolute atomic E-state index is 0.262. The number of nitrogens with zero attached hydrogens (tertiary/aromatic N) is 5. The minimum atomic E-state index is -0.262. The Labute approximate surface area is 195 Å². The quantitative estimate of drug-likeness (QED) is 0.532. The van der Waals surface area contributed by atoms with Gasteiger partial charge in [-0.05, 0) is 38.8 Å². The Morgan fingerprint density at radius 1 is 1.25 bits per heavy atom. The summed E-state index contributed by atoms with van der Waals surface area (Å²) in [6.45, 7) is 5.37. The molecular weight excluding hydrogens is 444 g/mol. The highest BCUT2D eigenvalue weighted by Gasteiger charge is 2.27. The number of pyridine rings is 1. The van der Waals surface area contributed by atoms with Crippen LogP contribution in [0.4, 0.5) is 15.7 Å². The zero-order valence-electron chi connectivity index (χ0n) is 18.6. The highest BCUT2D eigenvalue weighted by Crippen LogP contribution is 2.33. The molecule has 0 aromatic carbocycles. The molecule has 0 radical (unpaired) electrons. The second kappa shape index (κ2) is 9.74. The fourth-order valence-corrected chi connectivity index (χ4v) is 5.61. The van der Waals surface area contributed by atoms with E-state index in [0.717, 1.165) is 56.3 Å². The summed E-state index contributed by atoms with van der Waals surface area (Å²) in [5, 5.41) is 7.17. The number of rotatable bonds is 5. The lowest BCUT2D eigenvalue weighted by Crippen LogP contribution is -2.40. The van der Waals surface area contributed by atoms with Crippen molar-refractivity contribution in [3.63, 3.8) is 0 Å². The number of amides is 1. The third kappa shape index (κ3) is 4.81. The average Bonchev–Trinajstić information content (AvgIpc) is 3.40. The Kier molecular flexibility index (Phi) is 6.80. The van der Waals surface area contributed by atoms with Crippen molar-refractivity contribution in [1.29, 1.82) is 0 Å². The normalized spacial score (nSPS) is 15.1. The minimum Gasteiger partial charge on any atom is -0.453 e. The van der Waals surface area contributed by atoms with Crippen LogP contribution in [0.15, 0.2) is 28.7 Å². The van der Waals surface area contributed by atoms with Crippen molar-refractivity contribution in [2.75, 3.05) is 32.6 Å². The molecule has 32 heavy (non-hydrogen) atoms. The maximum absolute atomic E-state index is 11.7. The van der Waals surface area contributed by atoms with Gasteiger partial charge in [0, 0.05) is 48.9 Å². The molecule has 1 saturated heterocycles. The molecule has 168 valence electrons. The molecule has 1 aliphatic heterocycles. The van der Waals surface area contributed by atoms with Gasteiger partial charge in [0.1, 0.15) is 5.82 Å². The molecule has 4 heterocycles. The number of thiazole rings is 2. The van der Waals surface area contributed by atoms with Gasteiger partial charge in [-0.2, -0.15) is 0 Å². The van der Waals surface area contributed by atoms with Gasteiger partial charge in [-0.25, -0.2) is 19.7 Å². The number of nitrogens with one attached hydrogen (secondary N) is 1. The largest absolute Gasteiger partial charge is 0.453 e. The monoisotopic (exact) mass is 470 g/mol. The molecule has 0 unspecified atom stereocenters. The molecule has 8 nitrogen and oxygen atoms in total. The lowest BCUT2D eigenvalue weighted by Gasteiger charge is -2.31. The molecule has 1 fully saturated rings. The van der Waals surface area contributed by atoms with E-state index in [2.05, 4.69) is 20.3 Å². The van der Waals surface area contributed by atoms with Crippen molar-refractivity contribution in [3.8, 4) is 10.6 Å². The molecule has 0 atom stereocenters. The fraction of sp³-hybridized carbons (Fsp3) is 0.409. The number of hydrogen-bond donors (Lipinski definition) is 1. The summed E-state index contributed by atoms with van der Waals surface area (Å²) in [5.74, 6) is 1.04. The second-order valence-electron chi connectivity index (χ2n) is 7.58. The Bertz CT molecular complexity index is 1110. The summed E-state index contributed by atoms with van der Waals surface area (Å²) in [6.07, 6.45) is 3.31. The van der Waals surface area contributed by atoms with Crippen LogP contribution < -0.4 is 5.32 Å². The number of aromatic nitrogens is 3. The summed E-state index contributed by atoms with van der Waals surface area (Å²) in [5.41, 5.74) is 3.98. The third-order valence-corrected chi connectivity index (χ3v) is 7.34. The average molecular weight is 471 g/mol. The van der Waals surface area contributed by atoms with Gasteiger partial charge in [0.15, 0.2) is 5.13 Å². The van der Waals surface area contributed by atoms with Crippen LogP contribution in [0.2, 0.25) is 0 Å². The summed E-state index contributed by atoms with van der Waals surface area (Å²) in [4.78, 5) is 32.9. The maximum atomic E-state index is 11.7. The van der Waals surface area contributed by atoms with Crippen LogP contribution in [0.1, 0.15) is 29.1 Å². The molecule has 1 N–H and O–H groups in total. The van der Waals surface area contributed by atoms with Crippen LogP contribution in [0, 0.1) is 19.8 Å². The topological polar surface area (TPSA) is 92.6 Å². The van der Waals surface area contributed by atoms with Crippen LogP contribution in [0.25, 0.3) is 10.6 Å². The standard InChI is InChI=1S/C22H26N6O2S2/c1-13-20(32-14(2)25-13)17-12-31-21(26-17)27-18-6-5-16(11-24-18)19(23-3)15-7-9-28(10-8-15)22(29)30-4/h5-6,11-12,15H,7-10H2,1-4H3,(H,24,26,27). The van der Waals surface area contributed by atoms with E-state index in [1.54, 1.807) is 27.6 Å². The van der Waals surface area contributed by atoms with E-state index in [-0.39, 0.29) is 6.09 Å². The van der Waals surface area contributed by atoms with Crippen molar-refractivity contribution in [3.05, 3.63) is 40.0 Å². The summed E-state index contributed by atoms with van der Waals surface area (Å²) in [6, 6.07) is 3.99. The molecule has 3 aromatic rings. The number of likely N-dealkylation sites (tertiary alicyclic amines) is 1. The number of piperidine rings is 1. The van der Waals surface area contributed by atoms with Crippen molar-refractivity contribution < 1.29 is 9.53 Å². The number of aryl methyl sites for hydroxylation is 2. The summed E-state index contributed by atoms with van der Waals surface area (Å²) >= 11 is 3.21. The van der Waals surface area contributed by atoms with Crippen LogP contribution >= 0.6 is 22.7 Å². The number of methoxy groups -OCH3 is 1. The molecule has 0 saturated carbocycles. The molecule has 1 amide bonds. The molecule has 4 rings (SSSR count). The highest BCUT2D eigenvalue weighted by molar-refractivity contribution is 7.16. The third-order valence-electron chi connectivity index (χ3n) is 5.49. The van der Waals surface area contributed by atoms with Gasteiger partial charge in [0.2, 0.25) is 0 Å². The molecule has 0 bridgehead atoms.